The number of benzene rings is 2. The van der Waals surface area contributed by atoms with E-state index in [1.165, 1.54) is 24.3 Å². The number of aliphatic carboxylic acids is 1. The molecular weight excluding hydrogens is 316 g/mol. The van der Waals surface area contributed by atoms with Gasteiger partial charge in [0.05, 0.1) is 15.7 Å². The molecule has 0 radical (unpaired) electrons. The minimum atomic E-state index is -0.934. The lowest BCUT2D eigenvalue weighted by Gasteiger charge is -2.17. The second kappa shape index (κ2) is 6.83. The molecule has 0 fully saturated rings. The quantitative estimate of drug-likeness (QED) is 0.664. The Bertz CT molecular complexity index is 727. The number of carboxylic acids is 1. The molecule has 0 aromatic heterocycles. The smallest absolute Gasteiger partial charge is 0.311 e. The van der Waals surface area contributed by atoms with Crippen LogP contribution in [0, 0.1) is 5.92 Å². The Kier molecular flexibility index (Phi) is 5.05. The molecule has 1 unspecified atom stereocenters. The van der Waals surface area contributed by atoms with Gasteiger partial charge in [-0.1, -0.05) is 31.7 Å². The maximum absolute atomic E-state index is 11.4. The van der Waals surface area contributed by atoms with Gasteiger partial charge in [0.1, 0.15) is 17.2 Å². The standard InChI is InChI=1S/C17H18O5S/c1-9(2)16(17(21)22)10-3-5-14(12(19)7-10)23-15-6-4-11(18)8-13(15)20/h3-9,16,18-20H,1-2H3,(H,21,22). The zero-order valence-corrected chi connectivity index (χ0v) is 13.5. The van der Waals surface area contributed by atoms with Crippen molar-refractivity contribution < 1.29 is 25.2 Å². The first-order chi connectivity index (χ1) is 10.8. The van der Waals surface area contributed by atoms with Crippen LogP contribution >= 0.6 is 11.8 Å². The molecule has 5 nitrogen and oxygen atoms in total. The van der Waals surface area contributed by atoms with Gasteiger partial charge in [0, 0.05) is 6.07 Å². The van der Waals surface area contributed by atoms with Crippen LogP contribution in [0.1, 0.15) is 25.3 Å². The SMILES string of the molecule is CC(C)C(C(=O)O)c1ccc(Sc2ccc(O)cc2O)c(O)c1. The molecule has 0 aliphatic carbocycles. The summed E-state index contributed by atoms with van der Waals surface area (Å²) in [6.45, 7) is 3.62. The summed E-state index contributed by atoms with van der Waals surface area (Å²) in [7, 11) is 0. The lowest BCUT2D eigenvalue weighted by Crippen LogP contribution is -2.17. The molecule has 1 atom stereocenters. The number of carbonyl (C=O) groups is 1. The van der Waals surface area contributed by atoms with Crippen molar-refractivity contribution in [2.45, 2.75) is 29.6 Å². The third kappa shape index (κ3) is 3.90. The Hall–Kier alpha value is -2.34. The van der Waals surface area contributed by atoms with Crippen LogP contribution in [0.4, 0.5) is 0 Å². The van der Waals surface area contributed by atoms with Crippen molar-refractivity contribution in [1.29, 1.82) is 0 Å². The Morgan fingerprint density at radius 1 is 0.957 bits per heavy atom. The van der Waals surface area contributed by atoms with Gasteiger partial charge in [-0.05, 0) is 35.7 Å². The molecule has 0 bridgehead atoms. The van der Waals surface area contributed by atoms with Gasteiger partial charge in [-0.2, -0.15) is 0 Å². The number of hydrogen-bond donors (Lipinski definition) is 4. The van der Waals surface area contributed by atoms with Gasteiger partial charge in [-0.3, -0.25) is 4.79 Å². The van der Waals surface area contributed by atoms with Crippen molar-refractivity contribution in [1.82, 2.24) is 0 Å². The zero-order chi connectivity index (χ0) is 17.1. The number of carboxylic acid groups (broad SMARTS) is 1. The maximum atomic E-state index is 11.4. The van der Waals surface area contributed by atoms with E-state index in [-0.39, 0.29) is 23.2 Å². The Morgan fingerprint density at radius 2 is 1.52 bits per heavy atom. The van der Waals surface area contributed by atoms with E-state index in [0.717, 1.165) is 11.8 Å². The van der Waals surface area contributed by atoms with Crippen LogP contribution in [0.25, 0.3) is 0 Å². The molecule has 6 heteroatoms. The number of phenolic OH excluding ortho intramolecular Hbond substituents is 3. The number of hydrogen-bond acceptors (Lipinski definition) is 5. The van der Waals surface area contributed by atoms with Crippen LogP contribution in [-0.4, -0.2) is 26.4 Å². The molecule has 0 heterocycles. The second-order valence-corrected chi connectivity index (χ2v) is 6.62. The summed E-state index contributed by atoms with van der Waals surface area (Å²) in [5.74, 6) is -1.92. The molecule has 0 aliphatic rings. The first-order valence-corrected chi connectivity index (χ1v) is 7.86. The monoisotopic (exact) mass is 334 g/mol. The minimum absolute atomic E-state index is 0.0485. The predicted molar refractivity (Wildman–Crippen MR) is 87.2 cm³/mol. The number of aromatic hydroxyl groups is 3. The second-order valence-electron chi connectivity index (χ2n) is 5.54. The molecule has 0 spiro atoms. The van der Waals surface area contributed by atoms with Gasteiger partial charge in [0.25, 0.3) is 0 Å². The molecule has 2 rings (SSSR count). The fourth-order valence-electron chi connectivity index (χ4n) is 2.34. The summed E-state index contributed by atoms with van der Waals surface area (Å²) in [6.07, 6.45) is 0. The van der Waals surface area contributed by atoms with Crippen LogP contribution in [-0.2, 0) is 4.79 Å². The van der Waals surface area contributed by atoms with Gasteiger partial charge in [0.2, 0.25) is 0 Å². The van der Waals surface area contributed by atoms with Gasteiger partial charge in [0.15, 0.2) is 0 Å². The molecule has 2 aromatic carbocycles. The van der Waals surface area contributed by atoms with E-state index in [1.54, 1.807) is 12.1 Å². The van der Waals surface area contributed by atoms with E-state index >= 15 is 0 Å². The van der Waals surface area contributed by atoms with E-state index in [1.807, 2.05) is 13.8 Å². The lowest BCUT2D eigenvalue weighted by molar-refractivity contribution is -0.139. The predicted octanol–water partition coefficient (Wildman–Crippen LogP) is 3.78. The van der Waals surface area contributed by atoms with Crippen LogP contribution in [0.2, 0.25) is 0 Å². The van der Waals surface area contributed by atoms with Crippen LogP contribution in [0.5, 0.6) is 17.2 Å². The average molecular weight is 334 g/mol. The third-order valence-corrected chi connectivity index (χ3v) is 4.57. The van der Waals surface area contributed by atoms with E-state index in [2.05, 4.69) is 0 Å². The normalized spacial score (nSPS) is 12.3. The molecule has 4 N–H and O–H groups in total. The minimum Gasteiger partial charge on any atom is -0.508 e. The van der Waals surface area contributed by atoms with Crippen molar-refractivity contribution in [3.8, 4) is 17.2 Å². The Balaban J connectivity index is 2.30. The molecule has 0 saturated heterocycles. The topological polar surface area (TPSA) is 98.0 Å². The van der Waals surface area contributed by atoms with Crippen molar-refractivity contribution in [3.05, 3.63) is 42.0 Å². The Morgan fingerprint density at radius 3 is 2.00 bits per heavy atom. The molecule has 0 saturated carbocycles. The molecule has 0 amide bonds. The highest BCUT2D eigenvalue weighted by molar-refractivity contribution is 7.99. The fourth-order valence-corrected chi connectivity index (χ4v) is 3.17. The first-order valence-electron chi connectivity index (χ1n) is 7.05. The maximum Gasteiger partial charge on any atom is 0.311 e. The highest BCUT2D eigenvalue weighted by Crippen LogP contribution is 2.41. The van der Waals surface area contributed by atoms with E-state index < -0.39 is 11.9 Å². The summed E-state index contributed by atoms with van der Waals surface area (Å²) >= 11 is 1.13. The Labute approximate surface area is 138 Å². The molecule has 23 heavy (non-hydrogen) atoms. The number of rotatable bonds is 5. The molecule has 0 aliphatic heterocycles. The van der Waals surface area contributed by atoms with Gasteiger partial charge in [-0.15, -0.1) is 0 Å². The molecular formula is C17H18O5S. The lowest BCUT2D eigenvalue weighted by atomic mass is 9.88. The van der Waals surface area contributed by atoms with Crippen molar-refractivity contribution in [2.24, 2.45) is 5.92 Å². The van der Waals surface area contributed by atoms with Gasteiger partial charge in [-0.25, -0.2) is 0 Å². The van der Waals surface area contributed by atoms with Gasteiger partial charge >= 0.3 is 5.97 Å². The van der Waals surface area contributed by atoms with Crippen LogP contribution in [0.15, 0.2) is 46.2 Å². The summed E-state index contributed by atoms with van der Waals surface area (Å²) in [4.78, 5) is 12.3. The van der Waals surface area contributed by atoms with Crippen LogP contribution < -0.4 is 0 Å². The first kappa shape index (κ1) is 17.0. The van der Waals surface area contributed by atoms with E-state index in [9.17, 15) is 25.2 Å². The van der Waals surface area contributed by atoms with Gasteiger partial charge < -0.3 is 20.4 Å². The van der Waals surface area contributed by atoms with Crippen molar-refractivity contribution in [2.75, 3.05) is 0 Å². The summed E-state index contributed by atoms with van der Waals surface area (Å²) in [5, 5.41) is 38.6. The van der Waals surface area contributed by atoms with E-state index in [0.29, 0.717) is 15.4 Å². The largest absolute Gasteiger partial charge is 0.508 e. The highest BCUT2D eigenvalue weighted by Gasteiger charge is 2.24. The zero-order valence-electron chi connectivity index (χ0n) is 12.7. The number of phenols is 3. The van der Waals surface area contributed by atoms with Crippen molar-refractivity contribution >= 4 is 17.7 Å². The van der Waals surface area contributed by atoms with Crippen LogP contribution in [0.3, 0.4) is 0 Å². The average Bonchev–Trinajstić information content (AvgIpc) is 2.43. The molecule has 122 valence electrons. The highest BCUT2D eigenvalue weighted by atomic mass is 32.2. The fraction of sp³-hybridized carbons (Fsp3) is 0.235. The summed E-state index contributed by atoms with van der Waals surface area (Å²) in [5.41, 5.74) is 0.532. The summed E-state index contributed by atoms with van der Waals surface area (Å²) in [6, 6.07) is 8.92. The van der Waals surface area contributed by atoms with E-state index in [4.69, 9.17) is 0 Å². The summed E-state index contributed by atoms with van der Waals surface area (Å²) < 4.78 is 0. The van der Waals surface area contributed by atoms with Crippen molar-refractivity contribution in [3.63, 3.8) is 0 Å². The molecule has 2 aromatic rings. The third-order valence-electron chi connectivity index (χ3n) is 3.44.